The molecule has 1 aliphatic rings. The summed E-state index contributed by atoms with van der Waals surface area (Å²) < 4.78 is 33.2. The molecule has 1 N–H and O–H groups in total. The van der Waals surface area contributed by atoms with Gasteiger partial charge >= 0.3 is 5.97 Å². The average molecular weight is 397 g/mol. The molecule has 28 heavy (non-hydrogen) atoms. The molecule has 1 heterocycles. The van der Waals surface area contributed by atoms with Crippen LogP contribution in [0.1, 0.15) is 20.3 Å². The molecule has 1 aliphatic heterocycles. The molecule has 0 aliphatic carbocycles. The summed E-state index contributed by atoms with van der Waals surface area (Å²) in [5, 5.41) is 3.34. The number of carbonyl (C=O) groups is 1. The van der Waals surface area contributed by atoms with E-state index in [1.807, 2.05) is 31.2 Å². The maximum absolute atomic E-state index is 12.2. The van der Waals surface area contributed by atoms with E-state index in [9.17, 15) is 4.79 Å². The molecule has 2 rings (SSSR count). The zero-order valence-electron chi connectivity index (χ0n) is 17.2. The van der Waals surface area contributed by atoms with Crippen LogP contribution in [0.25, 0.3) is 0 Å². The Bertz CT molecular complexity index is 593. The van der Waals surface area contributed by atoms with Crippen LogP contribution in [0.15, 0.2) is 24.3 Å². The number of hydrogen-bond acceptors (Lipinski definition) is 8. The number of ether oxygens (including phenoxy) is 6. The molecular formula is C20H31NO7. The lowest BCUT2D eigenvalue weighted by molar-refractivity contribution is -0.183. The summed E-state index contributed by atoms with van der Waals surface area (Å²) in [7, 11) is 4.82. The molecule has 8 heteroatoms. The molecule has 0 bridgehead atoms. The van der Waals surface area contributed by atoms with Crippen molar-refractivity contribution in [1.82, 2.24) is 0 Å². The summed E-state index contributed by atoms with van der Waals surface area (Å²) in [6.45, 7) is 4.62. The van der Waals surface area contributed by atoms with Crippen LogP contribution in [0, 0.1) is 0 Å². The van der Waals surface area contributed by atoms with Crippen molar-refractivity contribution >= 4 is 11.7 Å². The van der Waals surface area contributed by atoms with Crippen molar-refractivity contribution in [3.8, 4) is 5.75 Å². The van der Waals surface area contributed by atoms with E-state index in [2.05, 4.69) is 5.32 Å². The fourth-order valence-electron chi connectivity index (χ4n) is 3.20. The first-order valence-corrected chi connectivity index (χ1v) is 9.35. The van der Waals surface area contributed by atoms with Crippen LogP contribution in [-0.4, -0.2) is 71.2 Å². The molecule has 3 atom stereocenters. The van der Waals surface area contributed by atoms with Crippen molar-refractivity contribution in [1.29, 1.82) is 0 Å². The van der Waals surface area contributed by atoms with E-state index in [-0.39, 0.29) is 24.6 Å². The minimum absolute atomic E-state index is 0.0791. The summed E-state index contributed by atoms with van der Waals surface area (Å²) in [6.07, 6.45) is -0.537. The molecule has 1 fully saturated rings. The second-order valence-electron chi connectivity index (χ2n) is 6.67. The highest BCUT2D eigenvalue weighted by molar-refractivity contribution is 5.71. The van der Waals surface area contributed by atoms with Crippen LogP contribution in [0.2, 0.25) is 0 Å². The van der Waals surface area contributed by atoms with E-state index in [1.54, 1.807) is 28.3 Å². The summed E-state index contributed by atoms with van der Waals surface area (Å²) in [5.74, 6) is -0.660. The zero-order chi connectivity index (χ0) is 20.6. The Balaban J connectivity index is 2.21. The predicted molar refractivity (Wildman–Crippen MR) is 104 cm³/mol. The molecule has 8 nitrogen and oxygen atoms in total. The Morgan fingerprint density at radius 3 is 2.14 bits per heavy atom. The van der Waals surface area contributed by atoms with Crippen molar-refractivity contribution < 1.29 is 33.2 Å². The van der Waals surface area contributed by atoms with Gasteiger partial charge in [0.2, 0.25) is 0 Å². The number of anilines is 1. The first kappa shape index (κ1) is 22.4. The Kier molecular flexibility index (Phi) is 8.50. The van der Waals surface area contributed by atoms with Crippen LogP contribution < -0.4 is 10.1 Å². The molecule has 1 aromatic rings. The fourth-order valence-corrected chi connectivity index (χ4v) is 3.20. The topological polar surface area (TPSA) is 84.5 Å². The van der Waals surface area contributed by atoms with E-state index in [0.717, 1.165) is 11.4 Å². The first-order chi connectivity index (χ1) is 13.5. The maximum Gasteiger partial charge on any atom is 0.308 e. The number of benzene rings is 1. The summed E-state index contributed by atoms with van der Waals surface area (Å²) >= 11 is 0. The van der Waals surface area contributed by atoms with E-state index in [4.69, 9.17) is 28.4 Å². The minimum atomic E-state index is -1.07. The quantitative estimate of drug-likeness (QED) is 0.569. The number of hydrogen-bond donors (Lipinski definition) is 1. The Morgan fingerprint density at radius 2 is 1.68 bits per heavy atom. The lowest BCUT2D eigenvalue weighted by Crippen LogP contribution is -2.47. The molecule has 158 valence electrons. The molecular weight excluding hydrogens is 366 g/mol. The fraction of sp³-hybridized carbons (Fsp3) is 0.650. The molecule has 0 aromatic heterocycles. The highest BCUT2D eigenvalue weighted by Crippen LogP contribution is 2.35. The third-order valence-electron chi connectivity index (χ3n) is 4.59. The van der Waals surface area contributed by atoms with Crippen molar-refractivity contribution in [2.45, 2.75) is 44.3 Å². The predicted octanol–water partition coefficient (Wildman–Crippen LogP) is 2.22. The van der Waals surface area contributed by atoms with Gasteiger partial charge in [0.25, 0.3) is 0 Å². The van der Waals surface area contributed by atoms with Gasteiger partial charge in [-0.3, -0.25) is 4.79 Å². The van der Waals surface area contributed by atoms with Gasteiger partial charge in [0.15, 0.2) is 5.79 Å². The monoisotopic (exact) mass is 397 g/mol. The molecule has 0 unspecified atom stereocenters. The smallest absolute Gasteiger partial charge is 0.308 e. The van der Waals surface area contributed by atoms with Gasteiger partial charge in [-0.2, -0.15) is 0 Å². The summed E-state index contributed by atoms with van der Waals surface area (Å²) in [4.78, 5) is 12.2. The van der Waals surface area contributed by atoms with Crippen LogP contribution in [0.3, 0.4) is 0 Å². The van der Waals surface area contributed by atoms with Gasteiger partial charge in [-0.15, -0.1) is 0 Å². The second-order valence-corrected chi connectivity index (χ2v) is 6.67. The van der Waals surface area contributed by atoms with Gasteiger partial charge in [-0.25, -0.2) is 0 Å². The molecule has 1 aromatic carbocycles. The van der Waals surface area contributed by atoms with Gasteiger partial charge in [-0.05, 0) is 38.1 Å². The Morgan fingerprint density at radius 1 is 1.11 bits per heavy atom. The number of rotatable bonds is 11. The van der Waals surface area contributed by atoms with Crippen molar-refractivity contribution in [3.63, 3.8) is 0 Å². The third kappa shape index (κ3) is 5.81. The van der Waals surface area contributed by atoms with Gasteiger partial charge < -0.3 is 33.7 Å². The molecule has 0 spiro atoms. The van der Waals surface area contributed by atoms with Gasteiger partial charge in [0, 0.05) is 19.9 Å². The SMILES string of the molecule is CCOC(=O)C[C@H](Nc1ccc(OC)cc1)C1(C)O[C@@H](COC)[C@H](COC)O1. The number of methoxy groups -OCH3 is 3. The van der Waals surface area contributed by atoms with Crippen LogP contribution >= 0.6 is 0 Å². The molecule has 0 amide bonds. The average Bonchev–Trinajstić information content (AvgIpc) is 2.99. The number of nitrogens with one attached hydrogen (secondary N) is 1. The van der Waals surface area contributed by atoms with Gasteiger partial charge in [0.05, 0.1) is 39.4 Å². The number of esters is 1. The highest BCUT2D eigenvalue weighted by Gasteiger charge is 2.50. The van der Waals surface area contributed by atoms with Gasteiger partial charge in [-0.1, -0.05) is 0 Å². The first-order valence-electron chi connectivity index (χ1n) is 9.35. The van der Waals surface area contributed by atoms with Gasteiger partial charge in [0.1, 0.15) is 18.0 Å². The van der Waals surface area contributed by atoms with E-state index in [1.165, 1.54) is 0 Å². The second kappa shape index (κ2) is 10.6. The normalized spacial score (nSPS) is 21.9. The van der Waals surface area contributed by atoms with E-state index >= 15 is 0 Å². The lowest BCUT2D eigenvalue weighted by atomic mass is 10.0. The standard InChI is InChI=1S/C20H31NO7/c1-6-26-19(22)11-18(21-14-7-9-15(25-5)10-8-14)20(2)27-16(12-23-3)17(28-20)13-24-4/h7-10,16-18,21H,6,11-13H2,1-5H3/t16-,17-,18-/m0/s1. The Labute approximate surface area is 166 Å². The van der Waals surface area contributed by atoms with E-state index < -0.39 is 11.8 Å². The van der Waals surface area contributed by atoms with Crippen molar-refractivity contribution in [2.24, 2.45) is 0 Å². The summed E-state index contributed by atoms with van der Waals surface area (Å²) in [5.41, 5.74) is 0.807. The van der Waals surface area contributed by atoms with Crippen LogP contribution in [0.5, 0.6) is 5.75 Å². The summed E-state index contributed by atoms with van der Waals surface area (Å²) in [6, 6.07) is 6.93. The Hall–Kier alpha value is -1.87. The van der Waals surface area contributed by atoms with Crippen LogP contribution in [-0.2, 0) is 28.5 Å². The minimum Gasteiger partial charge on any atom is -0.497 e. The molecule has 1 saturated heterocycles. The molecule has 0 radical (unpaired) electrons. The number of carbonyl (C=O) groups excluding carboxylic acids is 1. The molecule has 0 saturated carbocycles. The maximum atomic E-state index is 12.2. The largest absolute Gasteiger partial charge is 0.497 e. The van der Waals surface area contributed by atoms with E-state index in [0.29, 0.717) is 19.8 Å². The lowest BCUT2D eigenvalue weighted by Gasteiger charge is -2.33. The van der Waals surface area contributed by atoms with Crippen LogP contribution in [0.4, 0.5) is 5.69 Å². The highest BCUT2D eigenvalue weighted by atomic mass is 16.8. The van der Waals surface area contributed by atoms with Crippen molar-refractivity contribution in [3.05, 3.63) is 24.3 Å². The third-order valence-corrected chi connectivity index (χ3v) is 4.59. The zero-order valence-corrected chi connectivity index (χ0v) is 17.2. The van der Waals surface area contributed by atoms with Crippen molar-refractivity contribution in [2.75, 3.05) is 46.5 Å².